The van der Waals surface area contributed by atoms with E-state index in [1.54, 1.807) is 20.8 Å². The van der Waals surface area contributed by atoms with E-state index in [0.29, 0.717) is 5.69 Å². The van der Waals surface area contributed by atoms with Crippen molar-refractivity contribution in [3.05, 3.63) is 18.0 Å². The summed E-state index contributed by atoms with van der Waals surface area (Å²) in [6, 6.07) is 1.48. The average molecular weight is 259 g/mol. The molecule has 17 heavy (non-hydrogen) atoms. The van der Waals surface area contributed by atoms with Crippen LogP contribution in [0.2, 0.25) is 0 Å². The van der Waals surface area contributed by atoms with Gasteiger partial charge < -0.3 is 9.82 Å². The predicted octanol–water partition coefficient (Wildman–Crippen LogP) is 1.07. The van der Waals surface area contributed by atoms with E-state index in [2.05, 4.69) is 19.7 Å². The van der Waals surface area contributed by atoms with Crippen LogP contribution in [0.1, 0.15) is 26.5 Å². The first-order valence-corrected chi connectivity index (χ1v) is 6.52. The molecule has 0 unspecified atom stereocenters. The number of rotatable bonds is 4. The maximum Gasteiger partial charge on any atom is 0.243 e. The van der Waals surface area contributed by atoms with Crippen LogP contribution in [-0.2, 0) is 14.9 Å². The minimum Gasteiger partial charge on any atom is -0.399 e. The summed E-state index contributed by atoms with van der Waals surface area (Å²) < 4.78 is 26.7. The molecule has 7 heteroatoms. The molecule has 6 nitrogen and oxygen atoms in total. The molecule has 2 N–H and O–H groups in total. The summed E-state index contributed by atoms with van der Waals surface area (Å²) in [6.45, 7) is 5.33. The normalized spacial score (nSPS) is 13.2. The van der Waals surface area contributed by atoms with Crippen LogP contribution in [0.3, 0.4) is 0 Å². The van der Waals surface area contributed by atoms with Gasteiger partial charge >= 0.3 is 0 Å². The molecule has 0 aromatic carbocycles. The van der Waals surface area contributed by atoms with Crippen LogP contribution >= 0.6 is 0 Å². The minimum absolute atomic E-state index is 0.147. The van der Waals surface area contributed by atoms with E-state index in [0.717, 1.165) is 0 Å². The maximum atomic E-state index is 12.1. The van der Waals surface area contributed by atoms with Gasteiger partial charge in [-0.05, 0) is 26.8 Å². The van der Waals surface area contributed by atoms with Gasteiger partial charge in [-0.25, -0.2) is 13.1 Å². The van der Waals surface area contributed by atoms with Crippen molar-refractivity contribution < 1.29 is 13.3 Å². The van der Waals surface area contributed by atoms with Crippen molar-refractivity contribution in [1.82, 2.24) is 9.71 Å². The zero-order chi connectivity index (χ0) is 13.1. The number of nitrogens with one attached hydrogen (secondary N) is 2. The molecule has 0 atom stereocenters. The molecule has 0 saturated heterocycles. The zero-order valence-corrected chi connectivity index (χ0v) is 11.1. The summed E-state index contributed by atoms with van der Waals surface area (Å²) in [6.07, 6.45) is 2.85. The van der Waals surface area contributed by atoms with E-state index in [1.165, 1.54) is 25.6 Å². The highest BCUT2D eigenvalue weighted by molar-refractivity contribution is 7.89. The van der Waals surface area contributed by atoms with Crippen molar-refractivity contribution in [2.45, 2.75) is 31.2 Å². The Balaban J connectivity index is 3.08. The third-order valence-electron chi connectivity index (χ3n) is 1.76. The fourth-order valence-corrected chi connectivity index (χ4v) is 2.83. The quantitative estimate of drug-likeness (QED) is 0.626. The molecule has 0 saturated carbocycles. The van der Waals surface area contributed by atoms with Gasteiger partial charge in [0.15, 0.2) is 0 Å². The molecule has 0 aliphatic heterocycles. The Bertz CT molecular complexity index is 497. The summed E-state index contributed by atoms with van der Waals surface area (Å²) in [5.41, 5.74) is -0.158. The molecular formula is C10H17N3O3S. The second-order valence-corrected chi connectivity index (χ2v) is 6.18. The highest BCUT2D eigenvalue weighted by Crippen LogP contribution is 2.15. The maximum absolute atomic E-state index is 12.1. The molecule has 0 fully saturated rings. The molecule has 96 valence electrons. The molecular weight excluding hydrogens is 242 g/mol. The molecule has 0 radical (unpaired) electrons. The van der Waals surface area contributed by atoms with Gasteiger partial charge in [-0.1, -0.05) is 5.16 Å². The minimum atomic E-state index is -3.56. The van der Waals surface area contributed by atoms with E-state index >= 15 is 0 Å². The SMILES string of the molecule is CON=Cc1[nH]ccc1S(=O)(=O)NC(C)(C)C. The number of hydrogen-bond donors (Lipinski definition) is 2. The Labute approximate surface area is 101 Å². The highest BCUT2D eigenvalue weighted by atomic mass is 32.2. The van der Waals surface area contributed by atoms with Gasteiger partial charge in [-0.2, -0.15) is 0 Å². The summed E-state index contributed by atoms with van der Waals surface area (Å²) in [5.74, 6) is 0. The van der Waals surface area contributed by atoms with Crippen molar-refractivity contribution >= 4 is 16.2 Å². The van der Waals surface area contributed by atoms with Crippen LogP contribution < -0.4 is 4.72 Å². The van der Waals surface area contributed by atoms with Crippen LogP contribution in [0.15, 0.2) is 22.3 Å². The Morgan fingerprint density at radius 2 is 2.12 bits per heavy atom. The lowest BCUT2D eigenvalue weighted by atomic mass is 10.1. The monoisotopic (exact) mass is 259 g/mol. The van der Waals surface area contributed by atoms with E-state index in [4.69, 9.17) is 0 Å². The largest absolute Gasteiger partial charge is 0.399 e. The molecule has 1 aromatic heterocycles. The summed E-state index contributed by atoms with van der Waals surface area (Å²) in [7, 11) is -2.17. The van der Waals surface area contributed by atoms with Gasteiger partial charge in [0.05, 0.1) is 11.9 Å². The lowest BCUT2D eigenvalue weighted by Crippen LogP contribution is -2.40. The first kappa shape index (κ1) is 13.7. The lowest BCUT2D eigenvalue weighted by molar-refractivity contribution is 0.215. The molecule has 1 aromatic rings. The number of nitrogens with zero attached hydrogens (tertiary/aromatic N) is 1. The van der Waals surface area contributed by atoms with Crippen LogP contribution in [0.25, 0.3) is 0 Å². The Morgan fingerprint density at radius 3 is 2.65 bits per heavy atom. The number of sulfonamides is 1. The fourth-order valence-electron chi connectivity index (χ4n) is 1.27. The number of aromatic nitrogens is 1. The van der Waals surface area contributed by atoms with E-state index in [9.17, 15) is 8.42 Å². The number of aromatic amines is 1. The van der Waals surface area contributed by atoms with Gasteiger partial charge in [0, 0.05) is 11.7 Å². The fraction of sp³-hybridized carbons (Fsp3) is 0.500. The molecule has 0 amide bonds. The second kappa shape index (κ2) is 4.89. The van der Waals surface area contributed by atoms with Crippen molar-refractivity contribution in [2.24, 2.45) is 5.16 Å². The molecule has 0 bridgehead atoms. The average Bonchev–Trinajstić information content (AvgIpc) is 2.59. The Hall–Kier alpha value is -1.34. The summed E-state index contributed by atoms with van der Waals surface area (Å²) >= 11 is 0. The third-order valence-corrected chi connectivity index (χ3v) is 3.57. The summed E-state index contributed by atoms with van der Waals surface area (Å²) in [5, 5.41) is 3.54. The van der Waals surface area contributed by atoms with Crippen LogP contribution in [0.4, 0.5) is 0 Å². The molecule has 0 aliphatic carbocycles. The number of hydrogen-bond acceptors (Lipinski definition) is 4. The van der Waals surface area contributed by atoms with Gasteiger partial charge in [0.25, 0.3) is 0 Å². The van der Waals surface area contributed by atoms with Crippen molar-refractivity contribution in [3.8, 4) is 0 Å². The van der Waals surface area contributed by atoms with Crippen LogP contribution in [-0.4, -0.2) is 32.3 Å². The first-order chi connectivity index (χ1) is 7.76. The van der Waals surface area contributed by atoms with E-state index in [1.807, 2.05) is 0 Å². The molecule has 0 spiro atoms. The van der Waals surface area contributed by atoms with Crippen LogP contribution in [0.5, 0.6) is 0 Å². The zero-order valence-electron chi connectivity index (χ0n) is 10.3. The lowest BCUT2D eigenvalue weighted by Gasteiger charge is -2.20. The number of oxime groups is 1. The van der Waals surface area contributed by atoms with E-state index in [-0.39, 0.29) is 4.90 Å². The van der Waals surface area contributed by atoms with Crippen molar-refractivity contribution in [2.75, 3.05) is 7.11 Å². The molecule has 1 heterocycles. The van der Waals surface area contributed by atoms with Crippen molar-refractivity contribution in [1.29, 1.82) is 0 Å². The second-order valence-electron chi connectivity index (χ2n) is 4.53. The Kier molecular flexibility index (Phi) is 3.94. The van der Waals surface area contributed by atoms with Gasteiger partial charge in [-0.3, -0.25) is 0 Å². The highest BCUT2D eigenvalue weighted by Gasteiger charge is 2.24. The van der Waals surface area contributed by atoms with Gasteiger partial charge in [0.2, 0.25) is 10.0 Å². The standard InChI is InChI=1S/C10H17N3O3S/c1-10(2,3)13-17(14,15)9-5-6-11-8(9)7-12-16-4/h5-7,11,13H,1-4H3. The number of H-pyrrole nitrogens is 1. The molecule has 1 rings (SSSR count). The van der Waals surface area contributed by atoms with Gasteiger partial charge in [-0.15, -0.1) is 0 Å². The smallest absolute Gasteiger partial charge is 0.243 e. The molecule has 0 aliphatic rings. The third kappa shape index (κ3) is 3.86. The van der Waals surface area contributed by atoms with Crippen LogP contribution in [0, 0.1) is 0 Å². The van der Waals surface area contributed by atoms with Crippen molar-refractivity contribution in [3.63, 3.8) is 0 Å². The van der Waals surface area contributed by atoms with E-state index < -0.39 is 15.6 Å². The topological polar surface area (TPSA) is 83.5 Å². The first-order valence-electron chi connectivity index (χ1n) is 5.04. The Morgan fingerprint density at radius 1 is 1.47 bits per heavy atom. The predicted molar refractivity (Wildman–Crippen MR) is 65.5 cm³/mol. The van der Waals surface area contributed by atoms with Gasteiger partial charge in [0.1, 0.15) is 12.0 Å². The summed E-state index contributed by atoms with van der Waals surface area (Å²) in [4.78, 5) is 7.45.